The standard InChI is InChI=1S/C12H21NO3/c1-3-4-5-6-7-8-9-10-11(2)12(14)16-13-15/h10H,3-9H2,1-2H3. The Morgan fingerprint density at radius 2 is 1.81 bits per heavy atom. The highest BCUT2D eigenvalue weighted by molar-refractivity contribution is 5.87. The lowest BCUT2D eigenvalue weighted by atomic mass is 10.1. The Morgan fingerprint density at radius 3 is 2.44 bits per heavy atom. The highest BCUT2D eigenvalue weighted by Gasteiger charge is 2.04. The van der Waals surface area contributed by atoms with Crippen LogP contribution in [0.4, 0.5) is 0 Å². The monoisotopic (exact) mass is 227 g/mol. The zero-order chi connectivity index (χ0) is 12.2. The molecule has 0 N–H and O–H groups in total. The highest BCUT2D eigenvalue weighted by atomic mass is 16.7. The van der Waals surface area contributed by atoms with Gasteiger partial charge in [0.1, 0.15) is 0 Å². The minimum Gasteiger partial charge on any atom is -0.279 e. The lowest BCUT2D eigenvalue weighted by Gasteiger charge is -1.99. The van der Waals surface area contributed by atoms with Crippen molar-refractivity contribution in [2.45, 2.75) is 58.8 Å². The van der Waals surface area contributed by atoms with Crippen molar-refractivity contribution < 1.29 is 9.63 Å². The average molecular weight is 227 g/mol. The van der Waals surface area contributed by atoms with Gasteiger partial charge in [0, 0.05) is 5.57 Å². The van der Waals surface area contributed by atoms with Crippen LogP contribution in [0.25, 0.3) is 0 Å². The van der Waals surface area contributed by atoms with Gasteiger partial charge in [0.2, 0.25) is 0 Å². The number of hydrogen-bond acceptors (Lipinski definition) is 4. The van der Waals surface area contributed by atoms with Gasteiger partial charge in [-0.15, -0.1) is 4.91 Å². The van der Waals surface area contributed by atoms with E-state index in [1.54, 1.807) is 13.0 Å². The number of unbranched alkanes of at least 4 members (excludes halogenated alkanes) is 6. The van der Waals surface area contributed by atoms with Crippen LogP contribution in [0.15, 0.2) is 17.0 Å². The molecule has 0 radical (unpaired) electrons. The third-order valence-corrected chi connectivity index (χ3v) is 2.45. The molecule has 0 aliphatic heterocycles. The lowest BCUT2D eigenvalue weighted by molar-refractivity contribution is -0.139. The van der Waals surface area contributed by atoms with Gasteiger partial charge >= 0.3 is 5.97 Å². The fourth-order valence-corrected chi connectivity index (χ4v) is 1.43. The van der Waals surface area contributed by atoms with Gasteiger partial charge in [0.15, 0.2) is 5.34 Å². The summed E-state index contributed by atoms with van der Waals surface area (Å²) in [7, 11) is 0. The quantitative estimate of drug-likeness (QED) is 0.260. The maximum absolute atomic E-state index is 11.0. The van der Waals surface area contributed by atoms with Crippen LogP contribution in [-0.2, 0) is 9.63 Å². The molecule has 0 aromatic rings. The van der Waals surface area contributed by atoms with Crippen LogP contribution >= 0.6 is 0 Å². The zero-order valence-corrected chi connectivity index (χ0v) is 10.2. The molecule has 0 rings (SSSR count). The van der Waals surface area contributed by atoms with Gasteiger partial charge in [0.05, 0.1) is 0 Å². The van der Waals surface area contributed by atoms with E-state index in [1.165, 1.54) is 32.1 Å². The minimum absolute atomic E-state index is 0.452. The van der Waals surface area contributed by atoms with Crippen LogP contribution in [-0.4, -0.2) is 5.97 Å². The molecule has 0 aliphatic carbocycles. The van der Waals surface area contributed by atoms with E-state index in [4.69, 9.17) is 0 Å². The van der Waals surface area contributed by atoms with E-state index < -0.39 is 5.97 Å². The molecule has 0 saturated carbocycles. The molecule has 0 unspecified atom stereocenters. The minimum atomic E-state index is -0.652. The lowest BCUT2D eigenvalue weighted by Crippen LogP contribution is -2.00. The molecule has 92 valence electrons. The summed E-state index contributed by atoms with van der Waals surface area (Å²) >= 11 is 0. The van der Waals surface area contributed by atoms with E-state index >= 15 is 0 Å². The number of carbonyl (C=O) groups excluding carboxylic acids is 1. The summed E-state index contributed by atoms with van der Waals surface area (Å²) in [6.45, 7) is 3.82. The van der Waals surface area contributed by atoms with Crippen LogP contribution in [0.5, 0.6) is 0 Å². The van der Waals surface area contributed by atoms with Crippen molar-refractivity contribution in [2.75, 3.05) is 0 Å². The fourth-order valence-electron chi connectivity index (χ4n) is 1.43. The molecule has 0 saturated heterocycles. The fraction of sp³-hybridized carbons (Fsp3) is 0.750. The maximum Gasteiger partial charge on any atom is 0.364 e. The van der Waals surface area contributed by atoms with Crippen LogP contribution in [0.1, 0.15) is 58.8 Å². The van der Waals surface area contributed by atoms with E-state index in [2.05, 4.69) is 17.1 Å². The van der Waals surface area contributed by atoms with Gasteiger partial charge in [-0.3, -0.25) is 4.84 Å². The van der Waals surface area contributed by atoms with Crippen molar-refractivity contribution in [2.24, 2.45) is 5.34 Å². The number of hydrogen-bond donors (Lipinski definition) is 0. The van der Waals surface area contributed by atoms with E-state index in [0.717, 1.165) is 12.8 Å². The third kappa shape index (κ3) is 8.15. The summed E-state index contributed by atoms with van der Waals surface area (Å²) in [5.74, 6) is -0.652. The first-order valence-corrected chi connectivity index (χ1v) is 5.93. The molecule has 0 aromatic carbocycles. The molecule has 0 bridgehead atoms. The topological polar surface area (TPSA) is 55.7 Å². The Morgan fingerprint density at radius 1 is 1.19 bits per heavy atom. The summed E-state index contributed by atoms with van der Waals surface area (Å²) in [6, 6.07) is 0. The first kappa shape index (κ1) is 14.8. The summed E-state index contributed by atoms with van der Waals surface area (Å²) in [6.07, 6.45) is 10.00. The second kappa shape index (κ2) is 10.3. The van der Waals surface area contributed by atoms with Gasteiger partial charge in [-0.05, 0) is 19.8 Å². The maximum atomic E-state index is 11.0. The van der Waals surface area contributed by atoms with Crippen molar-refractivity contribution in [3.63, 3.8) is 0 Å². The molecule has 0 atom stereocenters. The summed E-state index contributed by atoms with van der Waals surface area (Å²) < 4.78 is 0. The second-order valence-electron chi connectivity index (χ2n) is 3.90. The number of nitrogens with zero attached hydrogens (tertiary/aromatic N) is 1. The SMILES string of the molecule is CCCCCCCCC=C(C)C(=O)ON=O. The number of carbonyl (C=O) groups is 1. The van der Waals surface area contributed by atoms with E-state index in [9.17, 15) is 9.70 Å². The van der Waals surface area contributed by atoms with Crippen molar-refractivity contribution >= 4 is 5.97 Å². The first-order valence-electron chi connectivity index (χ1n) is 5.93. The molecule has 4 nitrogen and oxygen atoms in total. The van der Waals surface area contributed by atoms with Gasteiger partial charge < -0.3 is 0 Å². The number of allylic oxidation sites excluding steroid dienone is 1. The predicted molar refractivity (Wildman–Crippen MR) is 63.6 cm³/mol. The number of rotatable bonds is 9. The van der Waals surface area contributed by atoms with Crippen molar-refractivity contribution in [1.29, 1.82) is 0 Å². The largest absolute Gasteiger partial charge is 0.364 e. The van der Waals surface area contributed by atoms with Gasteiger partial charge in [-0.2, -0.15) is 0 Å². The zero-order valence-electron chi connectivity index (χ0n) is 10.2. The molecule has 4 heteroatoms. The summed E-state index contributed by atoms with van der Waals surface area (Å²) in [5.41, 5.74) is 0.452. The molecule has 16 heavy (non-hydrogen) atoms. The predicted octanol–water partition coefficient (Wildman–Crippen LogP) is 3.91. The smallest absolute Gasteiger partial charge is 0.279 e. The van der Waals surface area contributed by atoms with Crippen molar-refractivity contribution in [1.82, 2.24) is 0 Å². The normalized spacial score (nSPS) is 11.2. The van der Waals surface area contributed by atoms with E-state index in [0.29, 0.717) is 5.57 Å². The van der Waals surface area contributed by atoms with Crippen LogP contribution in [0.3, 0.4) is 0 Å². The second-order valence-corrected chi connectivity index (χ2v) is 3.90. The average Bonchev–Trinajstić information content (AvgIpc) is 2.28. The molecule has 0 spiro atoms. The first-order chi connectivity index (χ1) is 7.72. The van der Waals surface area contributed by atoms with Gasteiger partial charge in [0.25, 0.3) is 0 Å². The van der Waals surface area contributed by atoms with Gasteiger partial charge in [-0.25, -0.2) is 4.79 Å². The van der Waals surface area contributed by atoms with E-state index in [1.807, 2.05) is 0 Å². The van der Waals surface area contributed by atoms with Crippen LogP contribution in [0, 0.1) is 4.91 Å². The molecule has 0 fully saturated rings. The molecule has 0 aromatic heterocycles. The molecule has 0 amide bonds. The molecular weight excluding hydrogens is 206 g/mol. The van der Waals surface area contributed by atoms with Gasteiger partial charge in [-0.1, -0.05) is 45.1 Å². The Kier molecular flexibility index (Phi) is 9.56. The van der Waals surface area contributed by atoms with Crippen molar-refractivity contribution in [3.05, 3.63) is 16.6 Å². The Bertz CT molecular complexity index is 236. The van der Waals surface area contributed by atoms with Crippen LogP contribution < -0.4 is 0 Å². The molecular formula is C12H21NO3. The third-order valence-electron chi connectivity index (χ3n) is 2.45. The van der Waals surface area contributed by atoms with Crippen LogP contribution in [0.2, 0.25) is 0 Å². The molecule has 0 heterocycles. The Labute approximate surface area is 97.0 Å². The molecule has 0 aliphatic rings. The Balaban J connectivity index is 3.51. The van der Waals surface area contributed by atoms with Crippen molar-refractivity contribution in [3.8, 4) is 0 Å². The Hall–Kier alpha value is -1.19. The van der Waals surface area contributed by atoms with E-state index in [-0.39, 0.29) is 0 Å². The summed E-state index contributed by atoms with van der Waals surface area (Å²) in [5, 5.41) is 2.09. The highest BCUT2D eigenvalue weighted by Crippen LogP contribution is 2.08. The summed E-state index contributed by atoms with van der Waals surface area (Å²) in [4.78, 5) is 24.6.